The normalized spacial score (nSPS) is 15.0. The SMILES string of the molecule is Nc1nc(-c2cncnc2)cc(C2CC2)n1. The van der Waals surface area contributed by atoms with E-state index in [0.717, 1.165) is 17.0 Å². The summed E-state index contributed by atoms with van der Waals surface area (Å²) >= 11 is 0. The minimum absolute atomic E-state index is 0.322. The standard InChI is InChI=1S/C11H11N5/c12-11-15-9(7-1-2-7)3-10(16-11)8-4-13-6-14-5-8/h3-7H,1-2H2,(H2,12,15,16). The minimum Gasteiger partial charge on any atom is -0.368 e. The molecule has 16 heavy (non-hydrogen) atoms. The topological polar surface area (TPSA) is 77.6 Å². The number of anilines is 1. The molecule has 2 N–H and O–H groups in total. The first-order valence-electron chi connectivity index (χ1n) is 5.23. The van der Waals surface area contributed by atoms with Gasteiger partial charge in [0.25, 0.3) is 0 Å². The Morgan fingerprint density at radius 1 is 1.12 bits per heavy atom. The van der Waals surface area contributed by atoms with Crippen LogP contribution in [0.3, 0.4) is 0 Å². The number of hydrogen-bond donors (Lipinski definition) is 1. The van der Waals surface area contributed by atoms with Crippen molar-refractivity contribution in [2.75, 3.05) is 5.73 Å². The van der Waals surface area contributed by atoms with Gasteiger partial charge in [0.15, 0.2) is 0 Å². The number of nitrogens with two attached hydrogens (primary N) is 1. The van der Waals surface area contributed by atoms with Gasteiger partial charge in [-0.2, -0.15) is 0 Å². The lowest BCUT2D eigenvalue weighted by molar-refractivity contribution is 0.998. The van der Waals surface area contributed by atoms with Crippen molar-refractivity contribution in [2.24, 2.45) is 0 Å². The third kappa shape index (κ3) is 1.71. The number of nitrogen functional groups attached to an aromatic ring is 1. The molecule has 1 aliphatic rings. The Morgan fingerprint density at radius 2 is 1.88 bits per heavy atom. The maximum Gasteiger partial charge on any atom is 0.220 e. The van der Waals surface area contributed by atoms with Crippen LogP contribution in [0.15, 0.2) is 24.8 Å². The fourth-order valence-electron chi connectivity index (χ4n) is 1.65. The summed E-state index contributed by atoms with van der Waals surface area (Å²) < 4.78 is 0. The van der Waals surface area contributed by atoms with Gasteiger partial charge in [-0.05, 0) is 18.9 Å². The van der Waals surface area contributed by atoms with Crippen LogP contribution in [0.2, 0.25) is 0 Å². The first-order chi connectivity index (χ1) is 7.83. The minimum atomic E-state index is 0.322. The summed E-state index contributed by atoms with van der Waals surface area (Å²) in [4.78, 5) is 16.4. The molecule has 5 heteroatoms. The molecule has 0 unspecified atom stereocenters. The van der Waals surface area contributed by atoms with Crippen LogP contribution in [0.25, 0.3) is 11.3 Å². The van der Waals surface area contributed by atoms with E-state index in [1.165, 1.54) is 19.2 Å². The molecule has 0 aliphatic heterocycles. The molecule has 0 saturated heterocycles. The van der Waals surface area contributed by atoms with Crippen molar-refractivity contribution >= 4 is 5.95 Å². The van der Waals surface area contributed by atoms with Gasteiger partial charge in [0, 0.05) is 29.6 Å². The highest BCUT2D eigenvalue weighted by Crippen LogP contribution is 2.39. The van der Waals surface area contributed by atoms with E-state index in [1.54, 1.807) is 12.4 Å². The predicted octanol–water partition coefficient (Wildman–Crippen LogP) is 1.39. The molecular formula is C11H11N5. The van der Waals surface area contributed by atoms with Crippen molar-refractivity contribution in [2.45, 2.75) is 18.8 Å². The van der Waals surface area contributed by atoms with Gasteiger partial charge < -0.3 is 5.73 Å². The summed E-state index contributed by atoms with van der Waals surface area (Å²) in [6.45, 7) is 0. The molecule has 2 aromatic rings. The summed E-state index contributed by atoms with van der Waals surface area (Å²) in [6, 6.07) is 1.98. The zero-order valence-electron chi connectivity index (χ0n) is 8.67. The lowest BCUT2D eigenvalue weighted by Gasteiger charge is -2.04. The van der Waals surface area contributed by atoms with Crippen LogP contribution < -0.4 is 5.73 Å². The molecule has 5 nitrogen and oxygen atoms in total. The van der Waals surface area contributed by atoms with Crippen LogP contribution in [0.1, 0.15) is 24.5 Å². The number of rotatable bonds is 2. The number of hydrogen-bond acceptors (Lipinski definition) is 5. The first-order valence-corrected chi connectivity index (χ1v) is 5.23. The second-order valence-electron chi connectivity index (χ2n) is 3.94. The third-order valence-corrected chi connectivity index (χ3v) is 2.62. The van der Waals surface area contributed by atoms with Crippen molar-refractivity contribution < 1.29 is 0 Å². The van der Waals surface area contributed by atoms with E-state index in [0.29, 0.717) is 11.9 Å². The van der Waals surface area contributed by atoms with Gasteiger partial charge >= 0.3 is 0 Å². The van der Waals surface area contributed by atoms with Crippen LogP contribution in [-0.2, 0) is 0 Å². The molecule has 0 bridgehead atoms. The molecule has 1 aliphatic carbocycles. The van der Waals surface area contributed by atoms with Crippen molar-refractivity contribution in [3.05, 3.63) is 30.5 Å². The average molecular weight is 213 g/mol. The van der Waals surface area contributed by atoms with Crippen LogP contribution in [0.5, 0.6) is 0 Å². The van der Waals surface area contributed by atoms with Gasteiger partial charge in [0.2, 0.25) is 5.95 Å². The van der Waals surface area contributed by atoms with E-state index >= 15 is 0 Å². The fourth-order valence-corrected chi connectivity index (χ4v) is 1.65. The molecular weight excluding hydrogens is 202 g/mol. The van der Waals surface area contributed by atoms with E-state index in [2.05, 4.69) is 19.9 Å². The van der Waals surface area contributed by atoms with Crippen LogP contribution in [0, 0.1) is 0 Å². The Labute approximate surface area is 92.8 Å². The third-order valence-electron chi connectivity index (χ3n) is 2.62. The molecule has 80 valence electrons. The second kappa shape index (κ2) is 3.52. The lowest BCUT2D eigenvalue weighted by Crippen LogP contribution is -2.00. The summed E-state index contributed by atoms with van der Waals surface area (Å²) in [5.74, 6) is 0.886. The van der Waals surface area contributed by atoms with E-state index < -0.39 is 0 Å². The zero-order valence-corrected chi connectivity index (χ0v) is 8.67. The molecule has 0 radical (unpaired) electrons. The van der Waals surface area contributed by atoms with E-state index in [1.807, 2.05) is 6.07 Å². The monoisotopic (exact) mass is 213 g/mol. The van der Waals surface area contributed by atoms with Gasteiger partial charge in [-0.1, -0.05) is 0 Å². The molecule has 3 rings (SSSR count). The average Bonchev–Trinajstić information content (AvgIpc) is 3.13. The Bertz CT molecular complexity index is 507. The zero-order chi connectivity index (χ0) is 11.0. The van der Waals surface area contributed by atoms with E-state index in [-0.39, 0.29) is 0 Å². The molecule has 1 fully saturated rings. The van der Waals surface area contributed by atoms with Gasteiger partial charge in [0.05, 0.1) is 5.69 Å². The van der Waals surface area contributed by atoms with Gasteiger partial charge in [-0.25, -0.2) is 19.9 Å². The smallest absolute Gasteiger partial charge is 0.220 e. The maximum atomic E-state index is 5.70. The first kappa shape index (κ1) is 9.21. The van der Waals surface area contributed by atoms with Crippen LogP contribution in [-0.4, -0.2) is 19.9 Å². The molecule has 0 spiro atoms. The van der Waals surface area contributed by atoms with Crippen LogP contribution in [0.4, 0.5) is 5.95 Å². The Kier molecular flexibility index (Phi) is 2.02. The Hall–Kier alpha value is -2.04. The Balaban J connectivity index is 2.06. The maximum absolute atomic E-state index is 5.70. The fraction of sp³-hybridized carbons (Fsp3) is 0.273. The molecule has 2 heterocycles. The summed E-state index contributed by atoms with van der Waals surface area (Å²) in [5, 5.41) is 0. The Morgan fingerprint density at radius 3 is 2.56 bits per heavy atom. The summed E-state index contributed by atoms with van der Waals surface area (Å²) in [7, 11) is 0. The number of nitrogens with zero attached hydrogens (tertiary/aromatic N) is 4. The quantitative estimate of drug-likeness (QED) is 0.815. The molecule has 0 amide bonds. The van der Waals surface area contributed by atoms with Crippen molar-refractivity contribution in [3.63, 3.8) is 0 Å². The second-order valence-corrected chi connectivity index (χ2v) is 3.94. The highest BCUT2D eigenvalue weighted by Gasteiger charge is 2.26. The predicted molar refractivity (Wildman–Crippen MR) is 59.4 cm³/mol. The molecule has 0 aromatic carbocycles. The van der Waals surface area contributed by atoms with E-state index in [4.69, 9.17) is 5.73 Å². The van der Waals surface area contributed by atoms with E-state index in [9.17, 15) is 0 Å². The lowest BCUT2D eigenvalue weighted by atomic mass is 10.2. The van der Waals surface area contributed by atoms with Gasteiger partial charge in [-0.15, -0.1) is 0 Å². The van der Waals surface area contributed by atoms with Crippen molar-refractivity contribution in [1.29, 1.82) is 0 Å². The summed E-state index contributed by atoms with van der Waals surface area (Å²) in [5.41, 5.74) is 8.41. The van der Waals surface area contributed by atoms with Crippen molar-refractivity contribution in [1.82, 2.24) is 19.9 Å². The molecule has 2 aromatic heterocycles. The molecule has 1 saturated carbocycles. The largest absolute Gasteiger partial charge is 0.368 e. The van der Waals surface area contributed by atoms with Gasteiger partial charge in [0.1, 0.15) is 6.33 Å². The summed E-state index contributed by atoms with van der Waals surface area (Å²) in [6.07, 6.45) is 7.34. The van der Waals surface area contributed by atoms with Gasteiger partial charge in [-0.3, -0.25) is 0 Å². The highest BCUT2D eigenvalue weighted by atomic mass is 15.0. The van der Waals surface area contributed by atoms with Crippen LogP contribution >= 0.6 is 0 Å². The molecule has 0 atom stereocenters. The highest BCUT2D eigenvalue weighted by molar-refractivity contribution is 5.58. The number of aromatic nitrogens is 4. The van der Waals surface area contributed by atoms with Crippen molar-refractivity contribution in [3.8, 4) is 11.3 Å².